The molecule has 0 atom stereocenters. The second-order valence-corrected chi connectivity index (χ2v) is 7.84. The molecule has 1 N–H and O–H groups in total. The van der Waals surface area contributed by atoms with Crippen LogP contribution in [0.4, 0.5) is 5.69 Å². The molecule has 4 rings (SSSR count). The van der Waals surface area contributed by atoms with Gasteiger partial charge in [0.25, 0.3) is 0 Å². The van der Waals surface area contributed by atoms with Crippen molar-refractivity contribution < 1.29 is 0 Å². The third kappa shape index (κ3) is 3.69. The summed E-state index contributed by atoms with van der Waals surface area (Å²) in [5, 5.41) is 4.96. The van der Waals surface area contributed by atoms with Crippen LogP contribution < -0.4 is 5.32 Å². The molecule has 3 aromatic rings. The molecule has 146 valence electrons. The van der Waals surface area contributed by atoms with E-state index in [1.165, 1.54) is 51.8 Å². The highest BCUT2D eigenvalue weighted by Crippen LogP contribution is 2.33. The van der Waals surface area contributed by atoms with Crippen LogP contribution in [0.25, 0.3) is 22.7 Å². The highest BCUT2D eigenvalue weighted by Gasteiger charge is 2.22. The molecule has 0 radical (unpaired) electrons. The predicted octanol–water partition coefficient (Wildman–Crippen LogP) is 5.25. The third-order valence-corrected chi connectivity index (χ3v) is 5.70. The lowest BCUT2D eigenvalue weighted by Crippen LogP contribution is -2.26. The molecule has 28 heavy (non-hydrogen) atoms. The standard InChI is InChI=1S/C24H30N4/c1-4-5-11-26-20-6-7-23-21(15-20)22-17-27(3)14-10-24(22)28(23)16-18(2)19-8-12-25-13-9-19/h6-9,12-13,15-16,26H,4-5,10-11,14,17H2,1-3H3/b18-16+. The van der Waals surface area contributed by atoms with Crippen molar-refractivity contribution in [2.24, 2.45) is 0 Å². The van der Waals surface area contributed by atoms with Crippen molar-refractivity contribution in [3.63, 3.8) is 0 Å². The highest BCUT2D eigenvalue weighted by atomic mass is 15.1. The number of rotatable bonds is 6. The second kappa shape index (κ2) is 8.19. The summed E-state index contributed by atoms with van der Waals surface area (Å²) in [7, 11) is 2.22. The zero-order valence-electron chi connectivity index (χ0n) is 17.2. The van der Waals surface area contributed by atoms with Crippen molar-refractivity contribution in [2.45, 2.75) is 39.7 Å². The molecular weight excluding hydrogens is 344 g/mol. The number of allylic oxidation sites excluding steroid dienone is 1. The quantitative estimate of drug-likeness (QED) is 0.598. The first kappa shape index (κ1) is 18.8. The number of benzene rings is 1. The lowest BCUT2D eigenvalue weighted by molar-refractivity contribution is 0.312. The largest absolute Gasteiger partial charge is 0.385 e. The Kier molecular flexibility index (Phi) is 5.49. The SMILES string of the molecule is CCCCNc1ccc2c(c1)c1c(n2/C=C(\C)c2ccncc2)CCN(C)C1. The van der Waals surface area contributed by atoms with E-state index in [4.69, 9.17) is 0 Å². The van der Waals surface area contributed by atoms with Crippen LogP contribution in [0.1, 0.15) is 43.5 Å². The Morgan fingerprint density at radius 3 is 2.82 bits per heavy atom. The molecule has 3 heterocycles. The van der Waals surface area contributed by atoms with Gasteiger partial charge in [-0.15, -0.1) is 0 Å². The predicted molar refractivity (Wildman–Crippen MR) is 119 cm³/mol. The maximum absolute atomic E-state index is 4.15. The van der Waals surface area contributed by atoms with Gasteiger partial charge < -0.3 is 14.8 Å². The van der Waals surface area contributed by atoms with Gasteiger partial charge in [0.2, 0.25) is 0 Å². The average Bonchev–Trinajstić information content (AvgIpc) is 3.01. The van der Waals surface area contributed by atoms with Crippen molar-refractivity contribution >= 4 is 28.4 Å². The Morgan fingerprint density at radius 2 is 2.04 bits per heavy atom. The fourth-order valence-corrected chi connectivity index (χ4v) is 4.08. The Bertz CT molecular complexity index is 985. The summed E-state index contributed by atoms with van der Waals surface area (Å²) < 4.78 is 2.42. The minimum absolute atomic E-state index is 1.01. The number of aromatic nitrogens is 2. The van der Waals surface area contributed by atoms with E-state index >= 15 is 0 Å². The normalized spacial score (nSPS) is 15.0. The summed E-state index contributed by atoms with van der Waals surface area (Å²) in [4.78, 5) is 6.57. The molecular formula is C24H30N4. The van der Waals surface area contributed by atoms with Crippen molar-refractivity contribution in [3.05, 3.63) is 59.5 Å². The van der Waals surface area contributed by atoms with E-state index in [9.17, 15) is 0 Å². The van der Waals surface area contributed by atoms with Crippen LogP contribution in [0.15, 0.2) is 42.7 Å². The maximum Gasteiger partial charge on any atom is 0.0530 e. The van der Waals surface area contributed by atoms with Crippen LogP contribution in [0.3, 0.4) is 0 Å². The van der Waals surface area contributed by atoms with E-state index in [1.54, 1.807) is 0 Å². The number of unbranched alkanes of at least 4 members (excludes halogenated alkanes) is 1. The molecule has 4 nitrogen and oxygen atoms in total. The Hall–Kier alpha value is -2.59. The van der Waals surface area contributed by atoms with Crippen molar-refractivity contribution in [1.82, 2.24) is 14.5 Å². The van der Waals surface area contributed by atoms with Crippen molar-refractivity contribution in [1.29, 1.82) is 0 Å². The number of pyridine rings is 1. The summed E-state index contributed by atoms with van der Waals surface area (Å²) in [6, 6.07) is 11.0. The van der Waals surface area contributed by atoms with Gasteiger partial charge in [0.15, 0.2) is 0 Å². The zero-order valence-corrected chi connectivity index (χ0v) is 17.2. The molecule has 0 spiro atoms. The minimum Gasteiger partial charge on any atom is -0.385 e. The lowest BCUT2D eigenvalue weighted by atomic mass is 10.0. The molecule has 0 unspecified atom stereocenters. The number of nitrogens with zero attached hydrogens (tertiary/aromatic N) is 3. The topological polar surface area (TPSA) is 33.1 Å². The van der Waals surface area contributed by atoms with E-state index in [-0.39, 0.29) is 0 Å². The first-order valence-electron chi connectivity index (χ1n) is 10.3. The van der Waals surface area contributed by atoms with Crippen LogP contribution in [0.2, 0.25) is 0 Å². The van der Waals surface area contributed by atoms with Gasteiger partial charge in [0.1, 0.15) is 0 Å². The minimum atomic E-state index is 1.01. The summed E-state index contributed by atoms with van der Waals surface area (Å²) >= 11 is 0. The molecule has 0 amide bonds. The summed E-state index contributed by atoms with van der Waals surface area (Å²) in [6.45, 7) is 7.57. The lowest BCUT2D eigenvalue weighted by Gasteiger charge is -2.23. The molecule has 0 fully saturated rings. The van der Waals surface area contributed by atoms with Crippen LogP contribution >= 0.6 is 0 Å². The number of fused-ring (bicyclic) bond motifs is 3. The first-order chi connectivity index (χ1) is 13.7. The van der Waals surface area contributed by atoms with Crippen LogP contribution in [-0.4, -0.2) is 34.6 Å². The smallest absolute Gasteiger partial charge is 0.0530 e. The Morgan fingerprint density at radius 1 is 1.21 bits per heavy atom. The second-order valence-electron chi connectivity index (χ2n) is 7.84. The number of hydrogen-bond acceptors (Lipinski definition) is 3. The van der Waals surface area contributed by atoms with Gasteiger partial charge in [0, 0.05) is 61.4 Å². The van der Waals surface area contributed by atoms with E-state index in [0.29, 0.717) is 0 Å². The highest BCUT2D eigenvalue weighted by molar-refractivity contribution is 5.92. The van der Waals surface area contributed by atoms with Crippen LogP contribution in [-0.2, 0) is 13.0 Å². The van der Waals surface area contributed by atoms with E-state index in [0.717, 1.165) is 26.1 Å². The molecule has 4 heteroatoms. The van der Waals surface area contributed by atoms with Gasteiger partial charge in [-0.05, 0) is 67.4 Å². The van der Waals surface area contributed by atoms with Crippen LogP contribution in [0.5, 0.6) is 0 Å². The fourth-order valence-electron chi connectivity index (χ4n) is 4.08. The molecule has 0 saturated carbocycles. The molecule has 1 aliphatic heterocycles. The monoisotopic (exact) mass is 374 g/mol. The van der Waals surface area contributed by atoms with Crippen LogP contribution in [0, 0.1) is 0 Å². The number of likely N-dealkylation sites (N-methyl/N-ethyl adjacent to an activating group) is 1. The van der Waals surface area contributed by atoms with Gasteiger partial charge in [-0.1, -0.05) is 13.3 Å². The number of hydrogen-bond donors (Lipinski definition) is 1. The summed E-state index contributed by atoms with van der Waals surface area (Å²) in [5.74, 6) is 0. The third-order valence-electron chi connectivity index (χ3n) is 5.70. The number of nitrogens with one attached hydrogen (secondary N) is 1. The van der Waals surface area contributed by atoms with Gasteiger partial charge in [-0.3, -0.25) is 4.98 Å². The van der Waals surface area contributed by atoms with E-state index < -0.39 is 0 Å². The number of anilines is 1. The van der Waals surface area contributed by atoms with Gasteiger partial charge >= 0.3 is 0 Å². The summed E-state index contributed by atoms with van der Waals surface area (Å²) in [5.41, 5.74) is 7.93. The Labute approximate surface area is 167 Å². The van der Waals surface area contributed by atoms with Gasteiger partial charge in [-0.25, -0.2) is 0 Å². The summed E-state index contributed by atoms with van der Waals surface area (Å²) in [6.07, 6.45) is 9.52. The van der Waals surface area contributed by atoms with E-state index in [1.807, 2.05) is 12.4 Å². The molecule has 0 saturated heterocycles. The van der Waals surface area contributed by atoms with E-state index in [2.05, 4.69) is 77.2 Å². The zero-order chi connectivity index (χ0) is 19.5. The molecule has 2 aromatic heterocycles. The van der Waals surface area contributed by atoms with Crippen molar-refractivity contribution in [2.75, 3.05) is 25.5 Å². The average molecular weight is 375 g/mol. The maximum atomic E-state index is 4.15. The van der Waals surface area contributed by atoms with Crippen molar-refractivity contribution in [3.8, 4) is 0 Å². The molecule has 0 aliphatic carbocycles. The molecule has 0 bridgehead atoms. The molecule has 1 aromatic carbocycles. The van der Waals surface area contributed by atoms with Gasteiger partial charge in [0.05, 0.1) is 5.52 Å². The molecule has 1 aliphatic rings. The van der Waals surface area contributed by atoms with Gasteiger partial charge in [-0.2, -0.15) is 0 Å². The fraction of sp³-hybridized carbons (Fsp3) is 0.375. The Balaban J connectivity index is 1.80. The first-order valence-corrected chi connectivity index (χ1v) is 10.3.